The molecule has 0 aromatic heterocycles. The van der Waals surface area contributed by atoms with E-state index in [1.165, 1.54) is 5.57 Å². The molecule has 156 valence electrons. The van der Waals surface area contributed by atoms with Gasteiger partial charge in [0.2, 0.25) is 0 Å². The highest BCUT2D eigenvalue weighted by atomic mass is 28.4. The van der Waals surface area contributed by atoms with Crippen LogP contribution in [0.25, 0.3) is 0 Å². The lowest BCUT2D eigenvalue weighted by Gasteiger charge is -2.51. The number of aliphatic hydroxyl groups is 1. The van der Waals surface area contributed by atoms with E-state index in [-0.39, 0.29) is 16.7 Å². The van der Waals surface area contributed by atoms with Crippen molar-refractivity contribution in [2.45, 2.75) is 102 Å². The fourth-order valence-electron chi connectivity index (χ4n) is 3.86. The molecule has 1 aliphatic carbocycles. The Bertz CT molecular complexity index is 594. The smallest absolute Gasteiger partial charge is 0.192 e. The molecule has 4 atom stereocenters. The van der Waals surface area contributed by atoms with E-state index >= 15 is 0 Å². The van der Waals surface area contributed by atoms with Crippen LogP contribution >= 0.6 is 0 Å². The van der Waals surface area contributed by atoms with Crippen LogP contribution in [0.3, 0.4) is 0 Å². The van der Waals surface area contributed by atoms with E-state index in [1.807, 2.05) is 6.92 Å². The van der Waals surface area contributed by atoms with Gasteiger partial charge in [-0.05, 0) is 63.7 Å². The summed E-state index contributed by atoms with van der Waals surface area (Å²) in [5.41, 5.74) is 0.663. The molecule has 0 aromatic carbocycles. The minimum absolute atomic E-state index is 0.0847. The molecular weight excluding hydrogens is 356 g/mol. The average molecular weight is 397 g/mol. The van der Waals surface area contributed by atoms with Crippen LogP contribution in [0, 0.1) is 0 Å². The highest BCUT2D eigenvalue weighted by Crippen LogP contribution is 2.52. The first-order chi connectivity index (χ1) is 12.3. The Hall–Kier alpha value is -0.463. The van der Waals surface area contributed by atoms with Crippen LogP contribution in [0.4, 0.5) is 0 Å². The summed E-state index contributed by atoms with van der Waals surface area (Å²) in [6.07, 6.45) is 6.06. The monoisotopic (exact) mass is 396 g/mol. The van der Waals surface area contributed by atoms with Gasteiger partial charge < -0.3 is 19.0 Å². The van der Waals surface area contributed by atoms with Gasteiger partial charge >= 0.3 is 0 Å². The van der Waals surface area contributed by atoms with Gasteiger partial charge in [0.1, 0.15) is 17.3 Å². The Balaban J connectivity index is 2.40. The van der Waals surface area contributed by atoms with Crippen molar-refractivity contribution in [3.8, 4) is 0 Å². The van der Waals surface area contributed by atoms with Gasteiger partial charge in [0.15, 0.2) is 8.32 Å². The van der Waals surface area contributed by atoms with E-state index < -0.39 is 20.0 Å². The summed E-state index contributed by atoms with van der Waals surface area (Å²) < 4.78 is 18.4. The van der Waals surface area contributed by atoms with Gasteiger partial charge in [-0.1, -0.05) is 38.5 Å². The number of allylic oxidation sites excluding steroid dienone is 3. The summed E-state index contributed by atoms with van der Waals surface area (Å²) in [6, 6.07) is 0. The molecule has 0 amide bonds. The zero-order valence-corrected chi connectivity index (χ0v) is 19.8. The fraction of sp³-hybridized carbons (Fsp3) is 0.818. The molecule has 2 fully saturated rings. The Morgan fingerprint density at radius 3 is 2.26 bits per heavy atom. The molecule has 1 N–H and O–H groups in total. The van der Waals surface area contributed by atoms with Crippen molar-refractivity contribution in [2.75, 3.05) is 13.7 Å². The summed E-state index contributed by atoms with van der Waals surface area (Å²) in [6.45, 7) is 18.0. The zero-order valence-electron chi connectivity index (χ0n) is 18.8. The minimum atomic E-state index is -2.04. The van der Waals surface area contributed by atoms with Crippen LogP contribution in [0.2, 0.25) is 18.1 Å². The molecular formula is C22H40O4Si. The van der Waals surface area contributed by atoms with Gasteiger partial charge in [0.25, 0.3) is 0 Å². The second-order valence-electron chi connectivity index (χ2n) is 10.1. The molecule has 2 aliphatic rings. The number of epoxide rings is 1. The lowest BCUT2D eigenvalue weighted by atomic mass is 9.69. The van der Waals surface area contributed by atoms with Crippen molar-refractivity contribution in [3.63, 3.8) is 0 Å². The first kappa shape index (κ1) is 22.8. The topological polar surface area (TPSA) is 51.2 Å². The van der Waals surface area contributed by atoms with Crippen molar-refractivity contribution in [3.05, 3.63) is 23.3 Å². The third-order valence-electron chi connectivity index (χ3n) is 6.77. The molecule has 5 heteroatoms. The Morgan fingerprint density at radius 1 is 1.22 bits per heavy atom. The molecule has 1 unspecified atom stereocenters. The summed E-state index contributed by atoms with van der Waals surface area (Å²) in [7, 11) is -0.362. The summed E-state index contributed by atoms with van der Waals surface area (Å²) in [4.78, 5) is 0. The van der Waals surface area contributed by atoms with Gasteiger partial charge in [-0.3, -0.25) is 0 Å². The lowest BCUT2D eigenvalue weighted by Crippen LogP contribution is -2.66. The normalized spacial score (nSPS) is 34.7. The molecule has 27 heavy (non-hydrogen) atoms. The Kier molecular flexibility index (Phi) is 6.55. The van der Waals surface area contributed by atoms with E-state index in [2.05, 4.69) is 59.9 Å². The van der Waals surface area contributed by atoms with Gasteiger partial charge in [-0.15, -0.1) is 0 Å². The Labute approximate surface area is 167 Å². The standard InChI is InChI=1S/C22H40O4Si/c1-16(2)11-10-12-17(3)22(23)18(26-27(8,9)20(4,5)6)13-14-21(15-25-21)19(22)24-7/h11-12,18-19,23H,10,13-15H2,1-9H3/b17-12+/t18-,19-,21?,22-/m0/s1. The molecule has 1 saturated carbocycles. The summed E-state index contributed by atoms with van der Waals surface area (Å²) >= 11 is 0. The molecule has 1 aliphatic heterocycles. The van der Waals surface area contributed by atoms with E-state index in [0.717, 1.165) is 24.8 Å². The number of hydrogen-bond acceptors (Lipinski definition) is 4. The van der Waals surface area contributed by atoms with Crippen LogP contribution in [0.5, 0.6) is 0 Å². The van der Waals surface area contributed by atoms with Crippen LogP contribution in [0.15, 0.2) is 23.3 Å². The first-order valence-corrected chi connectivity index (χ1v) is 13.1. The quantitative estimate of drug-likeness (QED) is 0.390. The predicted molar refractivity (Wildman–Crippen MR) is 114 cm³/mol. The van der Waals surface area contributed by atoms with Crippen molar-refractivity contribution >= 4 is 8.32 Å². The summed E-state index contributed by atoms with van der Waals surface area (Å²) in [5, 5.41) is 12.1. The second kappa shape index (κ2) is 7.75. The highest BCUT2D eigenvalue weighted by molar-refractivity contribution is 6.74. The molecule has 0 radical (unpaired) electrons. The van der Waals surface area contributed by atoms with Crippen molar-refractivity contribution in [1.82, 2.24) is 0 Å². The molecule has 4 nitrogen and oxygen atoms in total. The third-order valence-corrected chi connectivity index (χ3v) is 11.3. The number of ether oxygens (including phenoxy) is 2. The van der Waals surface area contributed by atoms with Crippen molar-refractivity contribution in [1.29, 1.82) is 0 Å². The number of rotatable bonds is 6. The van der Waals surface area contributed by atoms with E-state index in [1.54, 1.807) is 7.11 Å². The maximum Gasteiger partial charge on any atom is 0.192 e. The maximum atomic E-state index is 12.0. The minimum Gasteiger partial charge on any atom is -0.411 e. The Morgan fingerprint density at radius 2 is 1.81 bits per heavy atom. The molecule has 2 rings (SSSR count). The molecule has 0 aromatic rings. The SMILES string of the molecule is CO[C@H]1C2(CC[C@H](O[Si](C)(C)C(C)(C)C)[C@@]1(O)/C(C)=C/CC=C(C)C)CO2. The van der Waals surface area contributed by atoms with E-state index in [4.69, 9.17) is 13.9 Å². The molecule has 1 spiro atoms. The van der Waals surface area contributed by atoms with Gasteiger partial charge in [0, 0.05) is 7.11 Å². The zero-order chi connectivity index (χ0) is 20.7. The van der Waals surface area contributed by atoms with Crippen LogP contribution in [-0.4, -0.2) is 50.6 Å². The fourth-order valence-corrected chi connectivity index (χ4v) is 5.22. The van der Waals surface area contributed by atoms with Gasteiger partial charge in [-0.25, -0.2) is 0 Å². The maximum absolute atomic E-state index is 12.0. The van der Waals surface area contributed by atoms with Crippen LogP contribution in [0.1, 0.15) is 60.8 Å². The van der Waals surface area contributed by atoms with Gasteiger partial charge in [0.05, 0.1) is 12.7 Å². The van der Waals surface area contributed by atoms with Crippen LogP contribution in [-0.2, 0) is 13.9 Å². The third kappa shape index (κ3) is 4.43. The van der Waals surface area contributed by atoms with Crippen molar-refractivity contribution < 1.29 is 19.0 Å². The first-order valence-electron chi connectivity index (χ1n) is 10.2. The summed E-state index contributed by atoms with van der Waals surface area (Å²) in [5.74, 6) is 0. The van der Waals surface area contributed by atoms with Crippen LogP contribution < -0.4 is 0 Å². The lowest BCUT2D eigenvalue weighted by molar-refractivity contribution is -0.177. The molecule has 1 saturated heterocycles. The largest absolute Gasteiger partial charge is 0.411 e. The van der Waals surface area contributed by atoms with E-state index in [9.17, 15) is 5.11 Å². The average Bonchev–Trinajstić information content (AvgIpc) is 3.29. The van der Waals surface area contributed by atoms with E-state index in [0.29, 0.717) is 6.61 Å². The van der Waals surface area contributed by atoms with Crippen molar-refractivity contribution in [2.24, 2.45) is 0 Å². The highest BCUT2D eigenvalue weighted by Gasteiger charge is 2.66. The van der Waals surface area contributed by atoms with Gasteiger partial charge in [-0.2, -0.15) is 0 Å². The predicted octanol–water partition coefficient (Wildman–Crippen LogP) is 4.99. The molecule has 0 bridgehead atoms. The number of methoxy groups -OCH3 is 1. The molecule has 1 heterocycles. The number of hydrogen-bond donors (Lipinski definition) is 1. The second-order valence-corrected chi connectivity index (χ2v) is 14.9.